The molecule has 2 aromatic rings. The molecule has 0 radical (unpaired) electrons. The Morgan fingerprint density at radius 1 is 1.33 bits per heavy atom. The van der Waals surface area contributed by atoms with Gasteiger partial charge in [-0.15, -0.1) is 0 Å². The standard InChI is InChI=1S/C18H22F2N4O2S/c1-12-14(16(26)23-18(22-12)27-17(19)20)8-9-15(25)21-10-11-24(2)13-6-4-3-5-7-13/h3-7,17H,8-11H2,1-2H3,(H,21,25)(H,22,23,26). The minimum Gasteiger partial charge on any atom is -0.373 e. The molecular formula is C18H22F2N4O2S. The van der Waals surface area contributed by atoms with Gasteiger partial charge < -0.3 is 15.2 Å². The number of H-pyrrole nitrogens is 1. The fourth-order valence-electron chi connectivity index (χ4n) is 2.52. The molecule has 0 aliphatic rings. The Morgan fingerprint density at radius 3 is 2.67 bits per heavy atom. The molecule has 9 heteroatoms. The fraction of sp³-hybridized carbons (Fsp3) is 0.389. The molecule has 1 aromatic carbocycles. The highest BCUT2D eigenvalue weighted by Crippen LogP contribution is 2.21. The van der Waals surface area contributed by atoms with Crippen molar-refractivity contribution in [2.45, 2.75) is 30.7 Å². The first-order valence-corrected chi connectivity index (χ1v) is 9.32. The number of carbonyl (C=O) groups excluding carboxylic acids is 1. The average Bonchev–Trinajstić information content (AvgIpc) is 2.61. The third-order valence-electron chi connectivity index (χ3n) is 3.97. The molecule has 0 aliphatic heterocycles. The van der Waals surface area contributed by atoms with Crippen LogP contribution in [0.2, 0.25) is 0 Å². The molecule has 1 aromatic heterocycles. The van der Waals surface area contributed by atoms with E-state index in [1.165, 1.54) is 0 Å². The molecule has 146 valence electrons. The molecule has 27 heavy (non-hydrogen) atoms. The maximum Gasteiger partial charge on any atom is 0.291 e. The largest absolute Gasteiger partial charge is 0.373 e. The normalized spacial score (nSPS) is 10.9. The van der Waals surface area contributed by atoms with Gasteiger partial charge in [-0.3, -0.25) is 9.59 Å². The van der Waals surface area contributed by atoms with Crippen LogP contribution >= 0.6 is 11.8 Å². The highest BCUT2D eigenvalue weighted by Gasteiger charge is 2.13. The van der Waals surface area contributed by atoms with Crippen molar-refractivity contribution < 1.29 is 13.6 Å². The first-order chi connectivity index (χ1) is 12.9. The number of nitrogens with zero attached hydrogens (tertiary/aromatic N) is 2. The summed E-state index contributed by atoms with van der Waals surface area (Å²) in [7, 11) is 1.94. The van der Waals surface area contributed by atoms with Crippen LogP contribution in [0.15, 0.2) is 40.3 Å². The smallest absolute Gasteiger partial charge is 0.291 e. The van der Waals surface area contributed by atoms with Gasteiger partial charge in [-0.1, -0.05) is 18.2 Å². The summed E-state index contributed by atoms with van der Waals surface area (Å²) in [5.74, 6) is -2.83. The van der Waals surface area contributed by atoms with Gasteiger partial charge in [-0.2, -0.15) is 8.78 Å². The number of amides is 1. The fourth-order valence-corrected chi connectivity index (χ4v) is 3.03. The third kappa shape index (κ3) is 6.67. The van der Waals surface area contributed by atoms with Crippen LogP contribution in [0.1, 0.15) is 17.7 Å². The molecule has 0 saturated heterocycles. The molecule has 0 fully saturated rings. The van der Waals surface area contributed by atoms with Gasteiger partial charge in [0.15, 0.2) is 5.16 Å². The number of aromatic nitrogens is 2. The SMILES string of the molecule is Cc1nc(SC(F)F)[nH]c(=O)c1CCC(=O)NCCN(C)c1ccccc1. The van der Waals surface area contributed by atoms with E-state index >= 15 is 0 Å². The molecule has 0 bridgehead atoms. The van der Waals surface area contributed by atoms with Gasteiger partial charge in [0.05, 0.1) is 0 Å². The molecule has 0 saturated carbocycles. The number of hydrogen-bond acceptors (Lipinski definition) is 5. The molecule has 2 N–H and O–H groups in total. The molecule has 0 aliphatic carbocycles. The summed E-state index contributed by atoms with van der Waals surface area (Å²) in [6.07, 6.45) is 0.330. The number of para-hydroxylation sites is 1. The number of aryl methyl sites for hydroxylation is 1. The van der Waals surface area contributed by atoms with E-state index in [0.29, 0.717) is 24.3 Å². The van der Waals surface area contributed by atoms with Crippen molar-refractivity contribution in [1.29, 1.82) is 0 Å². The lowest BCUT2D eigenvalue weighted by atomic mass is 10.1. The number of aromatic amines is 1. The van der Waals surface area contributed by atoms with Crippen LogP contribution in [0.5, 0.6) is 0 Å². The van der Waals surface area contributed by atoms with Crippen molar-refractivity contribution in [1.82, 2.24) is 15.3 Å². The van der Waals surface area contributed by atoms with Crippen molar-refractivity contribution in [2.24, 2.45) is 0 Å². The van der Waals surface area contributed by atoms with Crippen molar-refractivity contribution in [3.8, 4) is 0 Å². The van der Waals surface area contributed by atoms with E-state index in [0.717, 1.165) is 5.69 Å². The van der Waals surface area contributed by atoms with Gasteiger partial charge in [-0.25, -0.2) is 4.98 Å². The molecule has 6 nitrogen and oxygen atoms in total. The second kappa shape index (κ2) is 10.1. The first kappa shape index (κ1) is 20.9. The van der Waals surface area contributed by atoms with Crippen LogP contribution in [0.25, 0.3) is 0 Å². The second-order valence-corrected chi connectivity index (χ2v) is 6.90. The van der Waals surface area contributed by atoms with E-state index in [4.69, 9.17) is 0 Å². The molecule has 0 spiro atoms. The van der Waals surface area contributed by atoms with Crippen molar-refractivity contribution in [3.05, 3.63) is 51.9 Å². The van der Waals surface area contributed by atoms with Crippen LogP contribution in [0, 0.1) is 6.92 Å². The number of likely N-dealkylation sites (N-methyl/N-ethyl adjacent to an activating group) is 1. The Morgan fingerprint density at radius 2 is 2.04 bits per heavy atom. The topological polar surface area (TPSA) is 78.1 Å². The Kier molecular flexibility index (Phi) is 7.78. The summed E-state index contributed by atoms with van der Waals surface area (Å²) < 4.78 is 24.7. The average molecular weight is 396 g/mol. The van der Waals surface area contributed by atoms with E-state index in [-0.39, 0.29) is 35.7 Å². The predicted molar refractivity (Wildman–Crippen MR) is 102 cm³/mol. The number of carbonyl (C=O) groups is 1. The number of nitrogens with one attached hydrogen (secondary N) is 2. The minimum absolute atomic E-state index is 0.121. The summed E-state index contributed by atoms with van der Waals surface area (Å²) in [5, 5.41) is 2.69. The number of benzene rings is 1. The maximum atomic E-state index is 12.4. The zero-order valence-electron chi connectivity index (χ0n) is 15.2. The summed E-state index contributed by atoms with van der Waals surface area (Å²) in [4.78, 5) is 32.3. The minimum atomic E-state index is -2.65. The lowest BCUT2D eigenvalue weighted by molar-refractivity contribution is -0.120. The Bertz CT molecular complexity index is 815. The third-order valence-corrected chi connectivity index (χ3v) is 4.56. The lowest BCUT2D eigenvalue weighted by Gasteiger charge is -2.19. The highest BCUT2D eigenvalue weighted by molar-refractivity contribution is 7.99. The van der Waals surface area contributed by atoms with E-state index < -0.39 is 11.3 Å². The van der Waals surface area contributed by atoms with Crippen LogP contribution in [0.3, 0.4) is 0 Å². The highest BCUT2D eigenvalue weighted by atomic mass is 32.2. The Balaban J connectivity index is 1.81. The van der Waals surface area contributed by atoms with Gasteiger partial charge in [0.25, 0.3) is 11.3 Å². The number of anilines is 1. The first-order valence-electron chi connectivity index (χ1n) is 8.44. The van der Waals surface area contributed by atoms with Gasteiger partial charge in [0, 0.05) is 43.5 Å². The molecule has 2 rings (SSSR count). The van der Waals surface area contributed by atoms with Crippen molar-refractivity contribution in [2.75, 3.05) is 25.0 Å². The van der Waals surface area contributed by atoms with Crippen LogP contribution < -0.4 is 15.8 Å². The van der Waals surface area contributed by atoms with E-state index in [1.807, 2.05) is 42.3 Å². The molecule has 0 atom stereocenters. The molecule has 1 amide bonds. The molecular weight excluding hydrogens is 374 g/mol. The van der Waals surface area contributed by atoms with Gasteiger partial charge >= 0.3 is 0 Å². The number of hydrogen-bond donors (Lipinski definition) is 2. The molecule has 1 heterocycles. The summed E-state index contributed by atoms with van der Waals surface area (Å²) in [6, 6.07) is 9.81. The van der Waals surface area contributed by atoms with Crippen molar-refractivity contribution >= 4 is 23.4 Å². The maximum absolute atomic E-state index is 12.4. The Labute approximate surface area is 160 Å². The van der Waals surface area contributed by atoms with E-state index in [9.17, 15) is 18.4 Å². The van der Waals surface area contributed by atoms with Crippen LogP contribution in [0.4, 0.5) is 14.5 Å². The number of thioether (sulfide) groups is 1. The van der Waals surface area contributed by atoms with Gasteiger partial charge in [0.2, 0.25) is 5.91 Å². The zero-order valence-corrected chi connectivity index (χ0v) is 16.0. The van der Waals surface area contributed by atoms with Crippen LogP contribution in [-0.4, -0.2) is 41.8 Å². The summed E-state index contributed by atoms with van der Waals surface area (Å²) in [6.45, 7) is 2.70. The van der Waals surface area contributed by atoms with Gasteiger partial charge in [-0.05, 0) is 37.2 Å². The zero-order chi connectivity index (χ0) is 19.8. The van der Waals surface area contributed by atoms with E-state index in [2.05, 4.69) is 15.3 Å². The quantitative estimate of drug-likeness (QED) is 0.503. The van der Waals surface area contributed by atoms with Crippen LogP contribution in [-0.2, 0) is 11.2 Å². The number of halogens is 2. The second-order valence-electron chi connectivity index (χ2n) is 5.92. The summed E-state index contributed by atoms with van der Waals surface area (Å²) in [5.41, 5.74) is 1.27. The monoisotopic (exact) mass is 396 g/mol. The number of rotatable bonds is 9. The predicted octanol–water partition coefficient (Wildman–Crippen LogP) is 2.58. The number of alkyl halides is 2. The molecule has 0 unspecified atom stereocenters. The summed E-state index contributed by atoms with van der Waals surface area (Å²) >= 11 is 0.188. The van der Waals surface area contributed by atoms with E-state index in [1.54, 1.807) is 6.92 Å². The van der Waals surface area contributed by atoms with Crippen molar-refractivity contribution in [3.63, 3.8) is 0 Å². The van der Waals surface area contributed by atoms with Gasteiger partial charge in [0.1, 0.15) is 0 Å². The lowest BCUT2D eigenvalue weighted by Crippen LogP contribution is -2.33. The Hall–Kier alpha value is -2.42.